The number of aliphatic hydroxyl groups is 1. The molecule has 0 fully saturated rings. The molecule has 1 nitrogen and oxygen atoms in total. The molecule has 0 aromatic heterocycles. The van der Waals surface area contributed by atoms with Crippen LogP contribution in [0.25, 0.3) is 0 Å². The Morgan fingerprint density at radius 1 is 1.11 bits per heavy atom. The van der Waals surface area contributed by atoms with Crippen LogP contribution in [0, 0.1) is 0 Å². The number of benzene rings is 2. The smallest absolute Gasteiger partial charge is 0.0707 e. The maximum absolute atomic E-state index is 9.43. The Bertz CT molecular complexity index is 610. The third-order valence-corrected chi connectivity index (χ3v) is 4.98. The molecule has 2 aromatic carbocycles. The molecule has 0 unspecified atom stereocenters. The van der Waals surface area contributed by atoms with Crippen LogP contribution in [-0.2, 0) is 19.4 Å². The van der Waals surface area contributed by atoms with Crippen molar-refractivity contribution >= 4 is 23.4 Å². The summed E-state index contributed by atoms with van der Waals surface area (Å²) in [7, 11) is 0. The summed E-state index contributed by atoms with van der Waals surface area (Å²) in [4.78, 5) is 2.26. The number of aliphatic hydroxyl groups excluding tert-OH is 1. The topological polar surface area (TPSA) is 20.2 Å². The van der Waals surface area contributed by atoms with Gasteiger partial charge in [0.1, 0.15) is 0 Å². The Hall–Kier alpha value is -0.960. The first kappa shape index (κ1) is 13.0. The average molecular weight is 291 g/mol. The Morgan fingerprint density at radius 3 is 2.79 bits per heavy atom. The van der Waals surface area contributed by atoms with Gasteiger partial charge in [-0.2, -0.15) is 0 Å². The molecule has 0 saturated carbocycles. The lowest BCUT2D eigenvalue weighted by Gasteiger charge is -2.10. The van der Waals surface area contributed by atoms with E-state index in [9.17, 15) is 5.11 Å². The molecule has 0 radical (unpaired) electrons. The third-order valence-electron chi connectivity index (χ3n) is 3.53. The molecule has 19 heavy (non-hydrogen) atoms. The van der Waals surface area contributed by atoms with E-state index >= 15 is 0 Å². The summed E-state index contributed by atoms with van der Waals surface area (Å²) in [6.45, 7) is -0.0209. The molecule has 98 valence electrons. The summed E-state index contributed by atoms with van der Waals surface area (Å²) < 4.78 is 0. The summed E-state index contributed by atoms with van der Waals surface area (Å²) in [6.07, 6.45) is 3.66. The maximum atomic E-state index is 9.43. The zero-order valence-electron chi connectivity index (χ0n) is 10.5. The molecule has 0 atom stereocenters. The molecule has 3 heteroatoms. The van der Waals surface area contributed by atoms with E-state index in [1.807, 2.05) is 18.2 Å². The summed E-state index contributed by atoms with van der Waals surface area (Å²) >= 11 is 7.79. The molecule has 0 saturated heterocycles. The molecule has 2 aromatic rings. The van der Waals surface area contributed by atoms with Crippen molar-refractivity contribution in [3.63, 3.8) is 0 Å². The first-order chi connectivity index (χ1) is 9.28. The minimum absolute atomic E-state index is 0.0209. The predicted octanol–water partition coefficient (Wildman–Crippen LogP) is 4.47. The van der Waals surface area contributed by atoms with E-state index in [0.717, 1.165) is 10.5 Å². The maximum Gasteiger partial charge on any atom is 0.0707 e. The van der Waals surface area contributed by atoms with E-state index in [4.69, 9.17) is 11.6 Å². The molecule has 3 rings (SSSR count). The molecule has 0 bridgehead atoms. The standard InChI is InChI=1S/C16H15ClOS/c17-15-5-2-6-16(14(15)10-18)19-13-8-7-11-3-1-4-12(11)9-13/h2,5-9,18H,1,3-4,10H2. The highest BCUT2D eigenvalue weighted by Crippen LogP contribution is 2.35. The number of rotatable bonds is 3. The van der Waals surface area contributed by atoms with Gasteiger partial charge < -0.3 is 5.11 Å². The van der Waals surface area contributed by atoms with Crippen molar-refractivity contribution in [3.8, 4) is 0 Å². The summed E-state index contributed by atoms with van der Waals surface area (Å²) in [5.41, 5.74) is 3.77. The molecule has 0 amide bonds. The molecule has 0 spiro atoms. The van der Waals surface area contributed by atoms with Crippen molar-refractivity contribution in [2.75, 3.05) is 0 Å². The largest absolute Gasteiger partial charge is 0.392 e. The zero-order chi connectivity index (χ0) is 13.2. The molecule has 1 aliphatic rings. The highest BCUT2D eigenvalue weighted by Gasteiger charge is 2.12. The monoisotopic (exact) mass is 290 g/mol. The Morgan fingerprint density at radius 2 is 1.95 bits per heavy atom. The van der Waals surface area contributed by atoms with Crippen LogP contribution in [0.15, 0.2) is 46.2 Å². The molecular formula is C16H15ClOS. The minimum atomic E-state index is -0.0209. The third kappa shape index (κ3) is 2.66. The molecule has 1 N–H and O–H groups in total. The highest BCUT2D eigenvalue weighted by atomic mass is 35.5. The van der Waals surface area contributed by atoms with Crippen LogP contribution in [0.5, 0.6) is 0 Å². The first-order valence-electron chi connectivity index (χ1n) is 6.46. The highest BCUT2D eigenvalue weighted by molar-refractivity contribution is 7.99. The number of hydrogen-bond acceptors (Lipinski definition) is 2. The average Bonchev–Trinajstić information content (AvgIpc) is 2.86. The van der Waals surface area contributed by atoms with Crippen LogP contribution >= 0.6 is 23.4 Å². The van der Waals surface area contributed by atoms with Gasteiger partial charge in [0, 0.05) is 20.4 Å². The fourth-order valence-corrected chi connectivity index (χ4v) is 3.85. The normalized spacial score (nSPS) is 13.6. The van der Waals surface area contributed by atoms with Crippen molar-refractivity contribution in [1.29, 1.82) is 0 Å². The minimum Gasteiger partial charge on any atom is -0.392 e. The van der Waals surface area contributed by atoms with Crippen LogP contribution in [0.2, 0.25) is 5.02 Å². The number of fused-ring (bicyclic) bond motifs is 1. The molecule has 1 aliphatic carbocycles. The van der Waals surface area contributed by atoms with E-state index in [1.165, 1.54) is 35.3 Å². The lowest BCUT2D eigenvalue weighted by Crippen LogP contribution is -1.89. The van der Waals surface area contributed by atoms with Gasteiger partial charge in [0.15, 0.2) is 0 Å². The lowest BCUT2D eigenvalue weighted by atomic mass is 10.1. The Kier molecular flexibility index (Phi) is 3.83. The van der Waals surface area contributed by atoms with Crippen LogP contribution in [0.4, 0.5) is 0 Å². The van der Waals surface area contributed by atoms with Gasteiger partial charge in [0.25, 0.3) is 0 Å². The SMILES string of the molecule is OCc1c(Cl)cccc1Sc1ccc2c(c1)CCC2. The van der Waals surface area contributed by atoms with Crippen molar-refractivity contribution < 1.29 is 5.11 Å². The fourth-order valence-electron chi connectivity index (χ4n) is 2.53. The van der Waals surface area contributed by atoms with Gasteiger partial charge in [0.05, 0.1) is 6.61 Å². The van der Waals surface area contributed by atoms with Crippen molar-refractivity contribution in [3.05, 3.63) is 58.1 Å². The van der Waals surface area contributed by atoms with Crippen LogP contribution in [-0.4, -0.2) is 5.11 Å². The second kappa shape index (κ2) is 5.58. The van der Waals surface area contributed by atoms with E-state index < -0.39 is 0 Å². The van der Waals surface area contributed by atoms with Crippen molar-refractivity contribution in [2.24, 2.45) is 0 Å². The van der Waals surface area contributed by atoms with Crippen molar-refractivity contribution in [1.82, 2.24) is 0 Å². The Balaban J connectivity index is 1.91. The second-order valence-electron chi connectivity index (χ2n) is 4.76. The van der Waals surface area contributed by atoms with Gasteiger partial charge in [-0.3, -0.25) is 0 Å². The molecule has 0 aliphatic heterocycles. The summed E-state index contributed by atoms with van der Waals surface area (Å²) in [5, 5.41) is 10.1. The van der Waals surface area contributed by atoms with Gasteiger partial charge in [-0.05, 0) is 54.7 Å². The van der Waals surface area contributed by atoms with Crippen LogP contribution in [0.3, 0.4) is 0 Å². The van der Waals surface area contributed by atoms with Crippen molar-refractivity contribution in [2.45, 2.75) is 35.7 Å². The first-order valence-corrected chi connectivity index (χ1v) is 7.65. The van der Waals surface area contributed by atoms with Gasteiger partial charge in [0.2, 0.25) is 0 Å². The molecule has 0 heterocycles. The lowest BCUT2D eigenvalue weighted by molar-refractivity contribution is 0.279. The van der Waals surface area contributed by atoms with Gasteiger partial charge >= 0.3 is 0 Å². The van der Waals surface area contributed by atoms with Crippen LogP contribution < -0.4 is 0 Å². The quantitative estimate of drug-likeness (QED) is 0.900. The van der Waals surface area contributed by atoms with E-state index in [1.54, 1.807) is 11.8 Å². The van der Waals surface area contributed by atoms with E-state index in [-0.39, 0.29) is 6.61 Å². The molecular weight excluding hydrogens is 276 g/mol. The van der Waals surface area contributed by atoms with Gasteiger partial charge in [-0.15, -0.1) is 0 Å². The van der Waals surface area contributed by atoms with Crippen LogP contribution in [0.1, 0.15) is 23.1 Å². The summed E-state index contributed by atoms with van der Waals surface area (Å²) in [5.74, 6) is 0. The fraction of sp³-hybridized carbons (Fsp3) is 0.250. The van der Waals surface area contributed by atoms with Gasteiger partial charge in [-0.1, -0.05) is 35.5 Å². The zero-order valence-corrected chi connectivity index (χ0v) is 12.1. The predicted molar refractivity (Wildman–Crippen MR) is 80.0 cm³/mol. The Labute approximate surface area is 122 Å². The second-order valence-corrected chi connectivity index (χ2v) is 6.28. The number of halogens is 1. The summed E-state index contributed by atoms with van der Waals surface area (Å²) in [6, 6.07) is 12.4. The van der Waals surface area contributed by atoms with Gasteiger partial charge in [-0.25, -0.2) is 0 Å². The van der Waals surface area contributed by atoms with E-state index in [0.29, 0.717) is 5.02 Å². The van der Waals surface area contributed by atoms with E-state index in [2.05, 4.69) is 18.2 Å². The number of hydrogen-bond donors (Lipinski definition) is 1. The number of aryl methyl sites for hydroxylation is 2.